The Balaban J connectivity index is 0.000000397. The van der Waals surface area contributed by atoms with Gasteiger partial charge >= 0.3 is 0 Å². The molecule has 5 rings (SSSR count). The summed E-state index contributed by atoms with van der Waals surface area (Å²) in [4.78, 5) is 10.5. The van der Waals surface area contributed by atoms with Crippen LogP contribution in [0.5, 0.6) is 17.2 Å². The molecule has 2 heterocycles. The Morgan fingerprint density at radius 1 is 0.972 bits per heavy atom. The van der Waals surface area contributed by atoms with Crippen LogP contribution < -0.4 is 14.4 Å². The third-order valence-electron chi connectivity index (χ3n) is 6.62. The molecular weight excluding hydrogens is 458 g/mol. The number of rotatable bonds is 3. The molecule has 0 amide bonds. The number of carbonyl (C=O) groups is 1. The molecule has 2 unspecified atom stereocenters. The van der Waals surface area contributed by atoms with E-state index >= 15 is 0 Å². The summed E-state index contributed by atoms with van der Waals surface area (Å²) in [5, 5.41) is 15.2. The summed E-state index contributed by atoms with van der Waals surface area (Å²) in [6, 6.07) is 11.0. The lowest BCUT2D eigenvalue weighted by molar-refractivity contribution is -0.927. The van der Waals surface area contributed by atoms with Crippen molar-refractivity contribution >= 4 is 27.8 Å². The topological polar surface area (TPSA) is 78.7 Å². The highest BCUT2D eigenvalue weighted by atomic mass is 16.5. The highest BCUT2D eigenvalue weighted by Crippen LogP contribution is 2.41. The van der Waals surface area contributed by atoms with Crippen molar-refractivity contribution in [3.63, 3.8) is 0 Å². The van der Waals surface area contributed by atoms with Gasteiger partial charge in [0.1, 0.15) is 18.6 Å². The molecule has 2 atom stereocenters. The molecule has 1 saturated heterocycles. The highest BCUT2D eigenvalue weighted by molar-refractivity contribution is 6.12. The van der Waals surface area contributed by atoms with Crippen molar-refractivity contribution < 1.29 is 33.7 Å². The molecule has 0 aliphatic carbocycles. The Labute approximate surface area is 214 Å². The maximum atomic E-state index is 10.4. The molecule has 1 fully saturated rings. The van der Waals surface area contributed by atoms with E-state index in [4.69, 9.17) is 14.3 Å². The highest BCUT2D eigenvalue weighted by Gasteiger charge is 2.35. The summed E-state index contributed by atoms with van der Waals surface area (Å²) in [6.07, 6.45) is 4.51. The Morgan fingerprint density at radius 3 is 2.19 bits per heavy atom. The third-order valence-corrected chi connectivity index (χ3v) is 6.62. The van der Waals surface area contributed by atoms with Gasteiger partial charge in [-0.15, -0.1) is 0 Å². The SMILES string of the molecule is CC=O.CCOC.COC.COc1ccc2c3c(c4cc(O)c(OC)cc4c2c1)C[NH+]1CCCC1C3. The Hall–Kier alpha value is -2.87. The Morgan fingerprint density at radius 2 is 1.61 bits per heavy atom. The molecule has 0 radical (unpaired) electrons. The number of aromatic hydroxyl groups is 1. The maximum Gasteiger partial charge on any atom is 0.161 e. The normalized spacial score (nSPS) is 17.3. The summed E-state index contributed by atoms with van der Waals surface area (Å²) in [5.74, 6) is 1.58. The fraction of sp³-hybridized carbons (Fsp3) is 0.483. The first-order chi connectivity index (χ1) is 17.4. The second kappa shape index (κ2) is 14.6. The smallest absolute Gasteiger partial charge is 0.161 e. The van der Waals surface area contributed by atoms with Gasteiger partial charge in [0.05, 0.1) is 26.8 Å². The van der Waals surface area contributed by atoms with Gasteiger partial charge in [-0.05, 0) is 65.2 Å². The first kappa shape index (κ1) is 29.4. The molecule has 198 valence electrons. The van der Waals surface area contributed by atoms with E-state index in [2.05, 4.69) is 27.7 Å². The van der Waals surface area contributed by atoms with Gasteiger partial charge in [0.25, 0.3) is 0 Å². The molecule has 2 aliphatic rings. The van der Waals surface area contributed by atoms with Crippen molar-refractivity contribution in [1.82, 2.24) is 0 Å². The lowest BCUT2D eigenvalue weighted by Crippen LogP contribution is -3.13. The van der Waals surface area contributed by atoms with E-state index in [1.807, 2.05) is 19.1 Å². The number of nitrogens with one attached hydrogen (secondary N) is 1. The van der Waals surface area contributed by atoms with E-state index in [1.165, 1.54) is 48.2 Å². The number of benzene rings is 3. The minimum absolute atomic E-state index is 0.211. The van der Waals surface area contributed by atoms with Crippen molar-refractivity contribution in [2.24, 2.45) is 0 Å². The number of methoxy groups -OCH3 is 4. The van der Waals surface area contributed by atoms with Crippen LogP contribution in [0.15, 0.2) is 30.3 Å². The quantitative estimate of drug-likeness (QED) is 0.419. The number of carbonyl (C=O) groups excluding carboxylic acids is 1. The van der Waals surface area contributed by atoms with Gasteiger partial charge in [0, 0.05) is 52.8 Å². The summed E-state index contributed by atoms with van der Waals surface area (Å²) in [6.45, 7) is 6.53. The molecule has 2 aliphatic heterocycles. The van der Waals surface area contributed by atoms with Gasteiger partial charge in [-0.25, -0.2) is 0 Å². The molecule has 3 aromatic carbocycles. The first-order valence-corrected chi connectivity index (χ1v) is 12.4. The summed E-state index contributed by atoms with van der Waals surface area (Å²) >= 11 is 0. The number of hydrogen-bond donors (Lipinski definition) is 2. The number of ether oxygens (including phenoxy) is 4. The monoisotopic (exact) mass is 500 g/mol. The van der Waals surface area contributed by atoms with E-state index in [0.717, 1.165) is 48.4 Å². The molecule has 7 nitrogen and oxygen atoms in total. The Kier molecular flexibility index (Phi) is 11.9. The Bertz CT molecular complexity index is 1130. The van der Waals surface area contributed by atoms with Crippen LogP contribution in [-0.4, -0.2) is 66.1 Å². The molecule has 0 bridgehead atoms. The molecule has 0 aromatic heterocycles. The number of aldehydes is 1. The van der Waals surface area contributed by atoms with Crippen molar-refractivity contribution in [3.8, 4) is 17.2 Å². The minimum Gasteiger partial charge on any atom is -0.504 e. The van der Waals surface area contributed by atoms with Crippen LogP contribution in [0.1, 0.15) is 37.8 Å². The van der Waals surface area contributed by atoms with Gasteiger partial charge in [-0.3, -0.25) is 0 Å². The second-order valence-electron chi connectivity index (χ2n) is 8.79. The standard InChI is InChI=1S/C22H23NO3.C3H8O.C2H6O.C2H4O/c1-25-14-5-6-15-16-8-13-4-3-7-23(13)12-20(16)18-10-21(24)22(26-2)11-19(18)17(15)9-14;1-3-4-2;1-3-2;1-2-3/h5-6,9-11,13,24H,3-4,7-8,12H2,1-2H3;3H2,1-2H3;1-2H3;2H,1H3/p+1. The molecule has 0 spiro atoms. The van der Waals surface area contributed by atoms with Gasteiger partial charge < -0.3 is 33.7 Å². The predicted molar refractivity (Wildman–Crippen MR) is 145 cm³/mol. The zero-order valence-corrected chi connectivity index (χ0v) is 22.8. The van der Waals surface area contributed by atoms with Crippen molar-refractivity contribution in [1.29, 1.82) is 0 Å². The molecular formula is C29H42NO6+. The van der Waals surface area contributed by atoms with Crippen molar-refractivity contribution in [3.05, 3.63) is 41.5 Å². The van der Waals surface area contributed by atoms with E-state index in [-0.39, 0.29) is 5.75 Å². The largest absolute Gasteiger partial charge is 0.504 e. The first-order valence-electron chi connectivity index (χ1n) is 12.4. The molecule has 36 heavy (non-hydrogen) atoms. The van der Waals surface area contributed by atoms with Crippen LogP contribution in [0, 0.1) is 0 Å². The molecule has 7 heteroatoms. The average molecular weight is 501 g/mol. The fourth-order valence-corrected chi connectivity index (χ4v) is 5.04. The van der Waals surface area contributed by atoms with Crippen molar-refractivity contribution in [2.45, 2.75) is 45.7 Å². The zero-order chi connectivity index (χ0) is 26.7. The average Bonchev–Trinajstić information content (AvgIpc) is 3.36. The number of hydrogen-bond acceptors (Lipinski definition) is 6. The summed E-state index contributed by atoms with van der Waals surface area (Å²) in [7, 11) is 8.23. The lowest BCUT2D eigenvalue weighted by Gasteiger charge is -2.31. The van der Waals surface area contributed by atoms with Crippen molar-refractivity contribution in [2.75, 3.05) is 48.7 Å². The third kappa shape index (κ3) is 6.66. The van der Waals surface area contributed by atoms with Gasteiger partial charge in [0.2, 0.25) is 0 Å². The lowest BCUT2D eigenvalue weighted by atomic mass is 9.85. The zero-order valence-electron chi connectivity index (χ0n) is 22.8. The second-order valence-corrected chi connectivity index (χ2v) is 8.79. The van der Waals surface area contributed by atoms with E-state index < -0.39 is 0 Å². The minimum atomic E-state index is 0.211. The molecule has 2 N–H and O–H groups in total. The van der Waals surface area contributed by atoms with Gasteiger partial charge in [0.15, 0.2) is 11.5 Å². The predicted octanol–water partition coefficient (Wildman–Crippen LogP) is 3.94. The number of fused-ring (bicyclic) bond motifs is 7. The van der Waals surface area contributed by atoms with Crippen LogP contribution in [0.3, 0.4) is 0 Å². The van der Waals surface area contributed by atoms with Crippen LogP contribution >= 0.6 is 0 Å². The van der Waals surface area contributed by atoms with Crippen LogP contribution in [-0.2, 0) is 27.2 Å². The number of phenolic OH excluding ortho intramolecular Hbond substituents is 1. The summed E-state index contributed by atoms with van der Waals surface area (Å²) in [5.41, 5.74) is 2.85. The van der Waals surface area contributed by atoms with Gasteiger partial charge in [-0.1, -0.05) is 6.07 Å². The molecule has 0 saturated carbocycles. The van der Waals surface area contributed by atoms with Crippen LogP contribution in [0.2, 0.25) is 0 Å². The van der Waals surface area contributed by atoms with Crippen LogP contribution in [0.25, 0.3) is 21.5 Å². The number of phenols is 1. The van der Waals surface area contributed by atoms with Crippen LogP contribution in [0.4, 0.5) is 0 Å². The van der Waals surface area contributed by atoms with Gasteiger partial charge in [-0.2, -0.15) is 0 Å². The fourth-order valence-electron chi connectivity index (χ4n) is 5.04. The molecule has 3 aromatic rings. The summed E-state index contributed by atoms with van der Waals surface area (Å²) < 4.78 is 19.7. The maximum absolute atomic E-state index is 10.4. The van der Waals surface area contributed by atoms with E-state index in [0.29, 0.717) is 5.75 Å². The van der Waals surface area contributed by atoms with E-state index in [9.17, 15) is 5.11 Å². The number of quaternary nitrogens is 1. The van der Waals surface area contributed by atoms with E-state index in [1.54, 1.807) is 40.4 Å².